The van der Waals surface area contributed by atoms with Crippen LogP contribution in [-0.4, -0.2) is 48.5 Å². The van der Waals surface area contributed by atoms with Crippen molar-refractivity contribution in [1.82, 2.24) is 20.3 Å². The number of aryl methyl sites for hydroxylation is 1. The molecule has 0 aromatic carbocycles. The number of ether oxygens (including phenoxy) is 2. The molecule has 0 saturated carbocycles. The summed E-state index contributed by atoms with van der Waals surface area (Å²) < 4.78 is 12.9. The van der Waals surface area contributed by atoms with E-state index < -0.39 is 0 Å². The van der Waals surface area contributed by atoms with E-state index in [1.54, 1.807) is 0 Å². The van der Waals surface area contributed by atoms with E-state index in [9.17, 15) is 0 Å². The molecule has 1 saturated heterocycles. The van der Waals surface area contributed by atoms with E-state index in [4.69, 9.17) is 9.47 Å². The molecule has 6 heteroatoms. The maximum absolute atomic E-state index is 5.46. The Morgan fingerprint density at radius 2 is 2.20 bits per heavy atom. The molecule has 0 unspecified atom stereocenters. The van der Waals surface area contributed by atoms with E-state index in [2.05, 4.69) is 20.3 Å². The molecule has 1 aliphatic heterocycles. The SMILES string of the molecule is CCOCCCn1nnc(CNC)c1C1CCOCC1. The quantitative estimate of drug-likeness (QED) is 0.729. The Bertz CT molecular complexity index is 389. The standard InChI is InChI=1S/C14H26N4O2/c1-3-19-8-4-7-18-14(12-5-9-20-10-6-12)13(11-15-2)16-17-18/h12,15H,3-11H2,1-2H3. The number of hydrogen-bond acceptors (Lipinski definition) is 5. The molecule has 0 spiro atoms. The first-order chi connectivity index (χ1) is 9.86. The van der Waals surface area contributed by atoms with Crippen LogP contribution < -0.4 is 5.32 Å². The second kappa shape index (κ2) is 8.34. The minimum Gasteiger partial charge on any atom is -0.382 e. The van der Waals surface area contributed by atoms with Crippen LogP contribution in [0.4, 0.5) is 0 Å². The third kappa shape index (κ3) is 4.01. The van der Waals surface area contributed by atoms with Crippen LogP contribution in [0, 0.1) is 0 Å². The van der Waals surface area contributed by atoms with E-state index in [1.165, 1.54) is 5.69 Å². The third-order valence-electron chi connectivity index (χ3n) is 3.66. The molecular formula is C14H26N4O2. The number of hydrogen-bond donors (Lipinski definition) is 1. The molecular weight excluding hydrogens is 256 g/mol. The molecule has 1 N–H and O–H groups in total. The Hall–Kier alpha value is -0.980. The Kier molecular flexibility index (Phi) is 6.42. The number of aromatic nitrogens is 3. The van der Waals surface area contributed by atoms with Gasteiger partial charge in [0.2, 0.25) is 0 Å². The number of rotatable bonds is 8. The summed E-state index contributed by atoms with van der Waals surface area (Å²) >= 11 is 0. The van der Waals surface area contributed by atoms with Gasteiger partial charge in [0.05, 0.1) is 11.4 Å². The first-order valence-corrected chi connectivity index (χ1v) is 7.59. The Labute approximate surface area is 120 Å². The van der Waals surface area contributed by atoms with Crippen molar-refractivity contribution in [1.29, 1.82) is 0 Å². The van der Waals surface area contributed by atoms with Gasteiger partial charge in [-0.15, -0.1) is 5.10 Å². The van der Waals surface area contributed by atoms with Crippen LogP contribution in [0.3, 0.4) is 0 Å². The summed E-state index contributed by atoms with van der Waals surface area (Å²) in [6, 6.07) is 0. The monoisotopic (exact) mass is 282 g/mol. The summed E-state index contributed by atoms with van der Waals surface area (Å²) in [5.41, 5.74) is 2.37. The van der Waals surface area contributed by atoms with Crippen LogP contribution >= 0.6 is 0 Å². The lowest BCUT2D eigenvalue weighted by molar-refractivity contribution is 0.0829. The van der Waals surface area contributed by atoms with Gasteiger partial charge in [0, 0.05) is 45.4 Å². The molecule has 2 rings (SSSR count). The van der Waals surface area contributed by atoms with Crippen LogP contribution in [-0.2, 0) is 22.6 Å². The molecule has 1 aliphatic rings. The minimum atomic E-state index is 0.522. The van der Waals surface area contributed by atoms with Gasteiger partial charge in [0.1, 0.15) is 0 Å². The van der Waals surface area contributed by atoms with E-state index in [0.29, 0.717) is 5.92 Å². The highest BCUT2D eigenvalue weighted by Gasteiger charge is 2.24. The van der Waals surface area contributed by atoms with Gasteiger partial charge < -0.3 is 14.8 Å². The van der Waals surface area contributed by atoms with E-state index >= 15 is 0 Å². The smallest absolute Gasteiger partial charge is 0.0999 e. The van der Waals surface area contributed by atoms with Crippen molar-refractivity contribution in [2.24, 2.45) is 0 Å². The third-order valence-corrected chi connectivity index (χ3v) is 3.66. The second-order valence-electron chi connectivity index (χ2n) is 5.11. The van der Waals surface area contributed by atoms with Crippen molar-refractivity contribution in [3.05, 3.63) is 11.4 Å². The van der Waals surface area contributed by atoms with Gasteiger partial charge in [-0.05, 0) is 33.2 Å². The van der Waals surface area contributed by atoms with Crippen molar-refractivity contribution in [2.45, 2.75) is 45.2 Å². The molecule has 0 amide bonds. The number of nitrogens with zero attached hydrogens (tertiary/aromatic N) is 3. The zero-order valence-electron chi connectivity index (χ0n) is 12.6. The van der Waals surface area contributed by atoms with Gasteiger partial charge >= 0.3 is 0 Å². The molecule has 6 nitrogen and oxygen atoms in total. The van der Waals surface area contributed by atoms with Crippen molar-refractivity contribution < 1.29 is 9.47 Å². The van der Waals surface area contributed by atoms with Crippen LogP contribution in [0.5, 0.6) is 0 Å². The first-order valence-electron chi connectivity index (χ1n) is 7.59. The van der Waals surface area contributed by atoms with Gasteiger partial charge in [0.25, 0.3) is 0 Å². The van der Waals surface area contributed by atoms with Crippen molar-refractivity contribution in [2.75, 3.05) is 33.5 Å². The molecule has 1 fully saturated rings. The predicted molar refractivity (Wildman–Crippen MR) is 76.7 cm³/mol. The second-order valence-corrected chi connectivity index (χ2v) is 5.11. The van der Waals surface area contributed by atoms with Crippen LogP contribution in [0.25, 0.3) is 0 Å². The zero-order chi connectivity index (χ0) is 14.2. The normalized spacial score (nSPS) is 16.7. The molecule has 0 aliphatic carbocycles. The summed E-state index contributed by atoms with van der Waals surface area (Å²) in [5.74, 6) is 0.522. The minimum absolute atomic E-state index is 0.522. The van der Waals surface area contributed by atoms with Crippen LogP contribution in [0.1, 0.15) is 43.5 Å². The molecule has 1 aromatic rings. The summed E-state index contributed by atoms with van der Waals surface area (Å²) in [7, 11) is 1.95. The lowest BCUT2D eigenvalue weighted by Crippen LogP contribution is -2.20. The Morgan fingerprint density at radius 1 is 1.40 bits per heavy atom. The average Bonchev–Trinajstić information content (AvgIpc) is 2.88. The molecule has 2 heterocycles. The summed E-state index contributed by atoms with van der Waals surface area (Å²) in [4.78, 5) is 0. The fourth-order valence-corrected chi connectivity index (χ4v) is 2.69. The van der Waals surface area contributed by atoms with Gasteiger partial charge in [0.15, 0.2) is 0 Å². The molecule has 1 aromatic heterocycles. The fourth-order valence-electron chi connectivity index (χ4n) is 2.69. The van der Waals surface area contributed by atoms with E-state index in [-0.39, 0.29) is 0 Å². The maximum atomic E-state index is 5.46. The molecule has 0 atom stereocenters. The van der Waals surface area contributed by atoms with E-state index in [1.807, 2.05) is 14.0 Å². The van der Waals surface area contributed by atoms with Gasteiger partial charge in [-0.2, -0.15) is 0 Å². The zero-order valence-corrected chi connectivity index (χ0v) is 12.6. The van der Waals surface area contributed by atoms with Gasteiger partial charge in [-0.3, -0.25) is 0 Å². The Balaban J connectivity index is 2.05. The highest BCUT2D eigenvalue weighted by Crippen LogP contribution is 2.28. The van der Waals surface area contributed by atoms with Gasteiger partial charge in [-0.25, -0.2) is 4.68 Å². The largest absolute Gasteiger partial charge is 0.382 e. The van der Waals surface area contributed by atoms with Gasteiger partial charge in [-0.1, -0.05) is 5.21 Å². The predicted octanol–water partition coefficient (Wildman–Crippen LogP) is 1.32. The summed E-state index contributed by atoms with van der Waals surface area (Å²) in [6.07, 6.45) is 3.11. The van der Waals surface area contributed by atoms with Crippen LogP contribution in [0.2, 0.25) is 0 Å². The molecule has 0 bridgehead atoms. The number of nitrogens with one attached hydrogen (secondary N) is 1. The molecule has 0 radical (unpaired) electrons. The van der Waals surface area contributed by atoms with Crippen molar-refractivity contribution in [3.8, 4) is 0 Å². The highest BCUT2D eigenvalue weighted by molar-refractivity contribution is 5.16. The highest BCUT2D eigenvalue weighted by atomic mass is 16.5. The average molecular weight is 282 g/mol. The first kappa shape index (κ1) is 15.4. The van der Waals surface area contributed by atoms with Crippen molar-refractivity contribution in [3.63, 3.8) is 0 Å². The van der Waals surface area contributed by atoms with E-state index in [0.717, 1.165) is 64.5 Å². The topological polar surface area (TPSA) is 61.2 Å². The summed E-state index contributed by atoms with van der Waals surface area (Å²) in [6.45, 7) is 6.91. The Morgan fingerprint density at radius 3 is 2.90 bits per heavy atom. The lowest BCUT2D eigenvalue weighted by atomic mass is 9.94. The van der Waals surface area contributed by atoms with Crippen LogP contribution in [0.15, 0.2) is 0 Å². The van der Waals surface area contributed by atoms with Crippen molar-refractivity contribution >= 4 is 0 Å². The summed E-state index contributed by atoms with van der Waals surface area (Å²) in [5, 5.41) is 11.9. The molecule has 114 valence electrons. The maximum Gasteiger partial charge on any atom is 0.0999 e. The molecule has 20 heavy (non-hydrogen) atoms. The lowest BCUT2D eigenvalue weighted by Gasteiger charge is -2.23. The fraction of sp³-hybridized carbons (Fsp3) is 0.857.